The van der Waals surface area contributed by atoms with E-state index in [1.54, 1.807) is 10.6 Å². The number of aromatic nitrogens is 1. The number of nitrogens with zero attached hydrogens (tertiary/aromatic N) is 1. The van der Waals surface area contributed by atoms with Crippen molar-refractivity contribution in [2.24, 2.45) is 0 Å². The number of halogens is 1. The second-order valence-corrected chi connectivity index (χ2v) is 4.87. The SMILES string of the molecule is CC(=O)NCCc1cn(C(C)=O)c2ccc(Cl)cc12. The molecule has 0 fully saturated rings. The lowest BCUT2D eigenvalue weighted by Crippen LogP contribution is -2.22. The third kappa shape index (κ3) is 2.96. The fraction of sp³-hybridized carbons (Fsp3) is 0.286. The lowest BCUT2D eigenvalue weighted by molar-refractivity contribution is -0.118. The van der Waals surface area contributed by atoms with Crippen molar-refractivity contribution < 1.29 is 9.59 Å². The van der Waals surface area contributed by atoms with Crippen molar-refractivity contribution in [3.63, 3.8) is 0 Å². The number of carbonyl (C=O) groups is 2. The van der Waals surface area contributed by atoms with Gasteiger partial charge in [0, 0.05) is 37.0 Å². The molecule has 4 nitrogen and oxygen atoms in total. The largest absolute Gasteiger partial charge is 0.356 e. The molecule has 1 heterocycles. The fourth-order valence-corrected chi connectivity index (χ4v) is 2.28. The molecular formula is C14H15ClN2O2. The highest BCUT2D eigenvalue weighted by atomic mass is 35.5. The van der Waals surface area contributed by atoms with Gasteiger partial charge in [-0.15, -0.1) is 0 Å². The van der Waals surface area contributed by atoms with Crippen LogP contribution in [-0.2, 0) is 11.2 Å². The van der Waals surface area contributed by atoms with Gasteiger partial charge in [0.15, 0.2) is 0 Å². The van der Waals surface area contributed by atoms with Crippen LogP contribution in [0.3, 0.4) is 0 Å². The molecule has 0 bridgehead atoms. The number of benzene rings is 1. The van der Waals surface area contributed by atoms with E-state index >= 15 is 0 Å². The van der Waals surface area contributed by atoms with Crippen LogP contribution in [0.5, 0.6) is 0 Å². The summed E-state index contributed by atoms with van der Waals surface area (Å²) in [5.74, 6) is -0.105. The molecule has 1 aromatic heterocycles. The molecule has 100 valence electrons. The minimum absolute atomic E-state index is 0.0434. The van der Waals surface area contributed by atoms with Gasteiger partial charge in [0.2, 0.25) is 11.8 Å². The summed E-state index contributed by atoms with van der Waals surface area (Å²) < 4.78 is 1.61. The summed E-state index contributed by atoms with van der Waals surface area (Å²) in [6.45, 7) is 3.54. The van der Waals surface area contributed by atoms with Crippen LogP contribution in [0.15, 0.2) is 24.4 Å². The van der Waals surface area contributed by atoms with Crippen molar-refractivity contribution in [2.75, 3.05) is 6.54 Å². The summed E-state index contributed by atoms with van der Waals surface area (Å²) in [5, 5.41) is 4.33. The van der Waals surface area contributed by atoms with Crippen LogP contribution in [0.25, 0.3) is 10.9 Å². The fourth-order valence-electron chi connectivity index (χ4n) is 2.10. The Kier molecular flexibility index (Phi) is 3.90. The molecule has 1 N–H and O–H groups in total. The van der Waals surface area contributed by atoms with Crippen LogP contribution < -0.4 is 5.32 Å². The third-order valence-corrected chi connectivity index (χ3v) is 3.19. The number of carbonyl (C=O) groups excluding carboxylic acids is 2. The Labute approximate surface area is 116 Å². The summed E-state index contributed by atoms with van der Waals surface area (Å²) in [6.07, 6.45) is 2.47. The number of nitrogens with one attached hydrogen (secondary N) is 1. The van der Waals surface area contributed by atoms with Gasteiger partial charge in [-0.2, -0.15) is 0 Å². The minimum atomic E-state index is -0.0617. The Hall–Kier alpha value is -1.81. The first-order valence-electron chi connectivity index (χ1n) is 6.04. The molecule has 0 atom stereocenters. The van der Waals surface area contributed by atoms with Crippen molar-refractivity contribution >= 4 is 34.3 Å². The Morgan fingerprint density at radius 2 is 2.05 bits per heavy atom. The lowest BCUT2D eigenvalue weighted by Gasteiger charge is -2.01. The molecule has 0 spiro atoms. The second kappa shape index (κ2) is 5.45. The van der Waals surface area contributed by atoms with E-state index in [2.05, 4.69) is 5.32 Å². The highest BCUT2D eigenvalue weighted by molar-refractivity contribution is 6.31. The van der Waals surface area contributed by atoms with Crippen LogP contribution in [-0.4, -0.2) is 22.9 Å². The molecule has 0 aliphatic rings. The quantitative estimate of drug-likeness (QED) is 0.938. The maximum absolute atomic E-state index is 11.6. The standard InChI is InChI=1S/C14H15ClN2O2/c1-9(18)16-6-5-11-8-17(10(2)19)14-4-3-12(15)7-13(11)14/h3-4,7-8H,5-6H2,1-2H3,(H,16,18). The Balaban J connectivity index is 2.39. The van der Waals surface area contributed by atoms with Crippen LogP contribution in [0.1, 0.15) is 24.2 Å². The van der Waals surface area contributed by atoms with E-state index in [1.165, 1.54) is 13.8 Å². The van der Waals surface area contributed by atoms with Crippen LogP contribution in [0.2, 0.25) is 5.02 Å². The topological polar surface area (TPSA) is 51.1 Å². The molecule has 0 radical (unpaired) electrons. The predicted molar refractivity (Wildman–Crippen MR) is 75.6 cm³/mol. The molecule has 5 heteroatoms. The van der Waals surface area contributed by atoms with Crippen molar-refractivity contribution in [3.8, 4) is 0 Å². The summed E-state index contributed by atoms with van der Waals surface area (Å²) in [4.78, 5) is 22.5. The van der Waals surface area contributed by atoms with Gasteiger partial charge in [-0.3, -0.25) is 14.2 Å². The molecule has 0 saturated heterocycles. The number of rotatable bonds is 3. The van der Waals surface area contributed by atoms with E-state index in [9.17, 15) is 9.59 Å². The second-order valence-electron chi connectivity index (χ2n) is 4.44. The number of hydrogen-bond acceptors (Lipinski definition) is 2. The van der Waals surface area contributed by atoms with Crippen molar-refractivity contribution in [1.29, 1.82) is 0 Å². The highest BCUT2D eigenvalue weighted by Gasteiger charge is 2.11. The smallest absolute Gasteiger partial charge is 0.227 e. The Bertz CT molecular complexity index is 646. The molecule has 19 heavy (non-hydrogen) atoms. The van der Waals surface area contributed by atoms with Gasteiger partial charge in [0.25, 0.3) is 0 Å². The van der Waals surface area contributed by atoms with E-state index in [0.29, 0.717) is 18.0 Å². The third-order valence-electron chi connectivity index (χ3n) is 2.96. The number of fused-ring (bicyclic) bond motifs is 1. The van der Waals surface area contributed by atoms with Gasteiger partial charge in [-0.25, -0.2) is 0 Å². The van der Waals surface area contributed by atoms with Crippen LogP contribution in [0.4, 0.5) is 0 Å². The van der Waals surface area contributed by atoms with Gasteiger partial charge in [0.1, 0.15) is 0 Å². The maximum atomic E-state index is 11.6. The molecule has 1 amide bonds. The number of amides is 1. The van der Waals surface area contributed by atoms with Crippen LogP contribution >= 0.6 is 11.6 Å². The first-order chi connectivity index (χ1) is 8.99. The van der Waals surface area contributed by atoms with Crippen LogP contribution in [0, 0.1) is 0 Å². The van der Waals surface area contributed by atoms with E-state index in [4.69, 9.17) is 11.6 Å². The summed E-state index contributed by atoms with van der Waals surface area (Å²) >= 11 is 6.00. The first-order valence-corrected chi connectivity index (χ1v) is 6.41. The zero-order valence-electron chi connectivity index (χ0n) is 10.9. The zero-order chi connectivity index (χ0) is 14.0. The van der Waals surface area contributed by atoms with E-state index in [0.717, 1.165) is 16.5 Å². The summed E-state index contributed by atoms with van der Waals surface area (Å²) in [7, 11) is 0. The van der Waals surface area contributed by atoms with Gasteiger partial charge >= 0.3 is 0 Å². The molecule has 0 aliphatic carbocycles. The monoisotopic (exact) mass is 278 g/mol. The average molecular weight is 279 g/mol. The molecule has 0 saturated carbocycles. The molecule has 0 aliphatic heterocycles. The Morgan fingerprint density at radius 3 is 2.68 bits per heavy atom. The molecule has 1 aromatic carbocycles. The van der Waals surface area contributed by atoms with Crippen molar-refractivity contribution in [1.82, 2.24) is 9.88 Å². The molecular weight excluding hydrogens is 264 g/mol. The lowest BCUT2D eigenvalue weighted by atomic mass is 10.1. The summed E-state index contributed by atoms with van der Waals surface area (Å²) in [6, 6.07) is 5.45. The number of hydrogen-bond donors (Lipinski definition) is 1. The normalized spacial score (nSPS) is 10.7. The highest BCUT2D eigenvalue weighted by Crippen LogP contribution is 2.25. The van der Waals surface area contributed by atoms with Gasteiger partial charge < -0.3 is 5.32 Å². The zero-order valence-corrected chi connectivity index (χ0v) is 11.6. The molecule has 0 unspecified atom stereocenters. The van der Waals surface area contributed by atoms with Crippen molar-refractivity contribution in [2.45, 2.75) is 20.3 Å². The Morgan fingerprint density at radius 1 is 1.32 bits per heavy atom. The van der Waals surface area contributed by atoms with E-state index < -0.39 is 0 Å². The maximum Gasteiger partial charge on any atom is 0.227 e. The summed E-state index contributed by atoms with van der Waals surface area (Å²) in [5.41, 5.74) is 1.84. The van der Waals surface area contributed by atoms with Gasteiger partial charge in [-0.05, 0) is 30.2 Å². The molecule has 2 rings (SSSR count). The average Bonchev–Trinajstić information content (AvgIpc) is 2.67. The van der Waals surface area contributed by atoms with E-state index in [1.807, 2.05) is 18.3 Å². The first kappa shape index (κ1) is 13.6. The van der Waals surface area contributed by atoms with Crippen molar-refractivity contribution in [3.05, 3.63) is 35.0 Å². The predicted octanol–water partition coefficient (Wildman–Crippen LogP) is 2.63. The minimum Gasteiger partial charge on any atom is -0.356 e. The molecule has 2 aromatic rings. The van der Waals surface area contributed by atoms with Gasteiger partial charge in [0.05, 0.1) is 5.52 Å². The van der Waals surface area contributed by atoms with Gasteiger partial charge in [-0.1, -0.05) is 11.6 Å². The van der Waals surface area contributed by atoms with E-state index in [-0.39, 0.29) is 11.8 Å².